The normalized spacial score (nSPS) is 26.7. The molecule has 1 aromatic carbocycles. The Labute approximate surface area is 135 Å². The number of hydrogen-bond acceptors (Lipinski definition) is 3. The van der Waals surface area contributed by atoms with E-state index in [0.29, 0.717) is 0 Å². The summed E-state index contributed by atoms with van der Waals surface area (Å²) in [6.07, 6.45) is 4.67. The van der Waals surface area contributed by atoms with E-state index in [2.05, 4.69) is 21.2 Å². The largest absolute Gasteiger partial charge is 0.380 e. The van der Waals surface area contributed by atoms with Gasteiger partial charge in [-0.1, -0.05) is 0 Å². The molecule has 0 saturated carbocycles. The van der Waals surface area contributed by atoms with E-state index in [4.69, 9.17) is 7.85 Å². The first-order valence-corrected chi connectivity index (χ1v) is 7.21. The van der Waals surface area contributed by atoms with Crippen molar-refractivity contribution in [1.82, 2.24) is 10.2 Å². The predicted octanol–water partition coefficient (Wildman–Crippen LogP) is 1.30. The van der Waals surface area contributed by atoms with Crippen LogP contribution in [0.1, 0.15) is 5.56 Å². The summed E-state index contributed by atoms with van der Waals surface area (Å²) in [6, 6.07) is 1.10. The molecule has 22 heavy (non-hydrogen) atoms. The maximum absolute atomic E-state index is 13.9. The van der Waals surface area contributed by atoms with Crippen LogP contribution in [0.2, 0.25) is 0 Å². The number of carbonyl (C=O) groups is 1. The average molecular weight is 367 g/mol. The minimum Gasteiger partial charge on any atom is -0.380 e. The lowest BCUT2D eigenvalue weighted by Crippen LogP contribution is -2.55. The van der Waals surface area contributed by atoms with Crippen molar-refractivity contribution in [3.05, 3.63) is 57.7 Å². The van der Waals surface area contributed by atoms with Gasteiger partial charge in [-0.3, -0.25) is 4.79 Å². The number of hydrogen-bond donors (Lipinski definition) is 2. The number of likely N-dealkylation sites (tertiary alicyclic amines) is 1. The van der Waals surface area contributed by atoms with Crippen molar-refractivity contribution in [2.75, 3.05) is 0 Å². The molecule has 2 N–H and O–H groups in total. The van der Waals surface area contributed by atoms with Gasteiger partial charge in [0.25, 0.3) is 5.91 Å². The minimum absolute atomic E-state index is 0.0215. The van der Waals surface area contributed by atoms with Crippen molar-refractivity contribution in [2.45, 2.75) is 18.2 Å². The van der Waals surface area contributed by atoms with Gasteiger partial charge >= 0.3 is 0 Å². The summed E-state index contributed by atoms with van der Waals surface area (Å²) in [5.74, 6) is -1.90. The highest BCUT2D eigenvalue weighted by molar-refractivity contribution is 9.10. The van der Waals surface area contributed by atoms with Gasteiger partial charge in [0.2, 0.25) is 0 Å². The number of amides is 1. The Morgan fingerprint density at radius 2 is 2.14 bits per heavy atom. The van der Waals surface area contributed by atoms with E-state index < -0.39 is 29.2 Å². The van der Waals surface area contributed by atoms with Crippen LogP contribution in [0, 0.1) is 11.6 Å². The van der Waals surface area contributed by atoms with Gasteiger partial charge < -0.3 is 15.3 Å². The molecule has 1 saturated heterocycles. The third kappa shape index (κ3) is 2.26. The lowest BCUT2D eigenvalue weighted by molar-refractivity contribution is -0.135. The molecule has 2 aliphatic heterocycles. The van der Waals surface area contributed by atoms with E-state index in [1.807, 2.05) is 0 Å². The number of dihydropyridines is 1. The van der Waals surface area contributed by atoms with Crippen LogP contribution in [0.4, 0.5) is 8.78 Å². The molecule has 2 heterocycles. The summed E-state index contributed by atoms with van der Waals surface area (Å²) in [7, 11) is 5.83. The van der Waals surface area contributed by atoms with Gasteiger partial charge in [-0.25, -0.2) is 8.78 Å². The van der Waals surface area contributed by atoms with Crippen LogP contribution in [0.15, 0.2) is 40.5 Å². The molecular weight excluding hydrogens is 357 g/mol. The fourth-order valence-corrected chi connectivity index (χ4v) is 2.88. The van der Waals surface area contributed by atoms with E-state index in [9.17, 15) is 18.7 Å². The summed E-state index contributed by atoms with van der Waals surface area (Å²) in [4.78, 5) is 13.3. The van der Waals surface area contributed by atoms with Crippen LogP contribution in [-0.4, -0.2) is 35.4 Å². The smallest absolute Gasteiger partial charge is 0.254 e. The Bertz CT molecular complexity index is 721. The van der Waals surface area contributed by atoms with Crippen molar-refractivity contribution in [3.63, 3.8) is 0 Å². The first-order valence-electron chi connectivity index (χ1n) is 6.42. The summed E-state index contributed by atoms with van der Waals surface area (Å²) >= 11 is 2.88. The molecule has 1 amide bonds. The van der Waals surface area contributed by atoms with Crippen LogP contribution in [0.3, 0.4) is 0 Å². The maximum Gasteiger partial charge on any atom is 0.254 e. The van der Waals surface area contributed by atoms with Gasteiger partial charge in [-0.15, -0.1) is 0 Å². The summed E-state index contributed by atoms with van der Waals surface area (Å²) in [5.41, 5.74) is -1.85. The lowest BCUT2D eigenvalue weighted by atomic mass is 9.82. The predicted molar refractivity (Wildman–Crippen MR) is 79.5 cm³/mol. The highest BCUT2D eigenvalue weighted by Crippen LogP contribution is 2.34. The molecule has 8 heteroatoms. The first kappa shape index (κ1) is 15.2. The van der Waals surface area contributed by atoms with Crippen molar-refractivity contribution >= 4 is 29.7 Å². The lowest BCUT2D eigenvalue weighted by Gasteiger charge is -2.35. The highest BCUT2D eigenvalue weighted by Gasteiger charge is 2.51. The first-order chi connectivity index (χ1) is 10.3. The van der Waals surface area contributed by atoms with Gasteiger partial charge in [-0.05, 0) is 46.4 Å². The van der Waals surface area contributed by atoms with Crippen LogP contribution in [0.5, 0.6) is 0 Å². The molecule has 4 nitrogen and oxygen atoms in total. The molecule has 0 bridgehead atoms. The number of benzene rings is 1. The molecule has 0 aliphatic carbocycles. The number of rotatable bonds is 2. The molecule has 2 atom stereocenters. The Kier molecular flexibility index (Phi) is 3.61. The number of halogens is 3. The SMILES string of the molecule is [B]C1(O)C2NC=CC=C2C(=O)N1Cc1cc(F)c(Br)cc1F. The van der Waals surface area contributed by atoms with Crippen molar-refractivity contribution < 1.29 is 18.7 Å². The summed E-state index contributed by atoms with van der Waals surface area (Å²) in [6.45, 7) is -0.350. The molecule has 1 aromatic rings. The molecule has 2 unspecified atom stereocenters. The third-order valence-electron chi connectivity index (χ3n) is 3.71. The topological polar surface area (TPSA) is 52.6 Å². The molecule has 3 rings (SSSR count). The van der Waals surface area contributed by atoms with Crippen molar-refractivity contribution in [1.29, 1.82) is 0 Å². The van der Waals surface area contributed by atoms with Gasteiger partial charge in [0.1, 0.15) is 25.1 Å². The van der Waals surface area contributed by atoms with E-state index in [-0.39, 0.29) is 22.2 Å². The number of carbonyl (C=O) groups excluding carboxylic acids is 1. The Hall–Kier alpha value is -1.67. The van der Waals surface area contributed by atoms with E-state index in [1.54, 1.807) is 12.3 Å². The van der Waals surface area contributed by atoms with Gasteiger partial charge in [0.05, 0.1) is 17.1 Å². The quantitative estimate of drug-likeness (QED) is 0.612. The minimum atomic E-state index is -2.04. The zero-order valence-electron chi connectivity index (χ0n) is 11.2. The number of allylic oxidation sites excluding steroid dienone is 2. The van der Waals surface area contributed by atoms with E-state index in [0.717, 1.165) is 17.0 Å². The van der Waals surface area contributed by atoms with Crippen LogP contribution in [0.25, 0.3) is 0 Å². The zero-order valence-corrected chi connectivity index (χ0v) is 12.8. The van der Waals surface area contributed by atoms with Crippen molar-refractivity contribution in [2.24, 2.45) is 0 Å². The second kappa shape index (κ2) is 5.21. The molecule has 112 valence electrons. The Morgan fingerprint density at radius 3 is 2.82 bits per heavy atom. The van der Waals surface area contributed by atoms with E-state index >= 15 is 0 Å². The molecule has 2 radical (unpaired) electrons. The van der Waals surface area contributed by atoms with E-state index in [1.165, 1.54) is 6.08 Å². The maximum atomic E-state index is 13.9. The van der Waals surface area contributed by atoms with Crippen LogP contribution in [-0.2, 0) is 11.3 Å². The van der Waals surface area contributed by atoms with Gasteiger partial charge in [0.15, 0.2) is 0 Å². The standard InChI is InChI=1S/C14H10BBrF2N2O2/c15-14(22)12-8(2-1-3-19-12)13(21)20(14)6-7-4-11(18)9(16)5-10(7)17/h1-5,12,19,22H,6H2. The average Bonchev–Trinajstić information content (AvgIpc) is 2.66. The number of aliphatic hydroxyl groups is 1. The molecule has 0 spiro atoms. The molecule has 0 aromatic heterocycles. The van der Waals surface area contributed by atoms with Crippen LogP contribution >= 0.6 is 15.9 Å². The molecule has 2 aliphatic rings. The zero-order chi connectivity index (χ0) is 16.1. The fraction of sp³-hybridized carbons (Fsp3) is 0.214. The Morgan fingerprint density at radius 1 is 1.41 bits per heavy atom. The second-order valence-electron chi connectivity index (χ2n) is 5.11. The monoisotopic (exact) mass is 366 g/mol. The molecular formula is C14H10BBrF2N2O2. The van der Waals surface area contributed by atoms with Crippen LogP contribution < -0.4 is 5.32 Å². The molecule has 1 fully saturated rings. The Balaban J connectivity index is 1.96. The fourth-order valence-electron chi connectivity index (χ4n) is 2.56. The summed E-state index contributed by atoms with van der Waals surface area (Å²) < 4.78 is 27.5. The summed E-state index contributed by atoms with van der Waals surface area (Å²) in [5, 5.41) is 13.2. The van der Waals surface area contributed by atoms with Gasteiger partial charge in [0, 0.05) is 11.1 Å². The number of nitrogens with zero attached hydrogens (tertiary/aromatic N) is 1. The highest BCUT2D eigenvalue weighted by atomic mass is 79.9. The number of fused-ring (bicyclic) bond motifs is 1. The van der Waals surface area contributed by atoms with Gasteiger partial charge in [-0.2, -0.15) is 0 Å². The third-order valence-corrected chi connectivity index (χ3v) is 4.32. The van der Waals surface area contributed by atoms with Crippen molar-refractivity contribution in [3.8, 4) is 0 Å². The second-order valence-corrected chi connectivity index (χ2v) is 5.97. The number of nitrogens with one attached hydrogen (secondary N) is 1.